The number of hydrogen-bond acceptors (Lipinski definition) is 5. The molecule has 5 nitrogen and oxygen atoms in total. The lowest BCUT2D eigenvalue weighted by atomic mass is 9.82. The second-order valence-corrected chi connectivity index (χ2v) is 9.76. The second-order valence-electron chi connectivity index (χ2n) is 9.76. The molecule has 0 fully saturated rings. The number of aromatic hydroxyl groups is 1. The summed E-state index contributed by atoms with van der Waals surface area (Å²) in [6, 6.07) is 12.7. The van der Waals surface area contributed by atoms with Gasteiger partial charge in [0, 0.05) is 22.4 Å². The maximum atomic E-state index is 13.4. The molecule has 0 saturated carbocycles. The van der Waals surface area contributed by atoms with Gasteiger partial charge in [-0.15, -0.1) is 0 Å². The van der Waals surface area contributed by atoms with Crippen molar-refractivity contribution < 1.29 is 32.9 Å². The highest BCUT2D eigenvalue weighted by molar-refractivity contribution is 6.02. The minimum atomic E-state index is -4.83. The first-order chi connectivity index (χ1) is 17.4. The summed E-state index contributed by atoms with van der Waals surface area (Å²) in [4.78, 5) is 0. The summed E-state index contributed by atoms with van der Waals surface area (Å²) in [6.07, 6.45) is -3.89. The van der Waals surface area contributed by atoms with Crippen LogP contribution in [0.15, 0.2) is 54.6 Å². The average Bonchev–Trinajstić information content (AvgIpc) is 2.82. The van der Waals surface area contributed by atoms with Crippen LogP contribution in [0.2, 0.25) is 0 Å². The van der Waals surface area contributed by atoms with Gasteiger partial charge >= 0.3 is 6.18 Å². The lowest BCUT2D eigenvalue weighted by Gasteiger charge is -2.35. The van der Waals surface area contributed by atoms with Crippen LogP contribution in [0, 0.1) is 0 Å². The molecule has 37 heavy (non-hydrogen) atoms. The maximum absolute atomic E-state index is 13.4. The van der Waals surface area contributed by atoms with Crippen LogP contribution in [0.3, 0.4) is 0 Å². The Morgan fingerprint density at radius 3 is 2.46 bits per heavy atom. The van der Waals surface area contributed by atoms with Gasteiger partial charge in [0.1, 0.15) is 11.5 Å². The Bertz CT molecular complexity index is 1470. The number of benzene rings is 3. The van der Waals surface area contributed by atoms with Crippen molar-refractivity contribution in [1.82, 2.24) is 0 Å². The number of rotatable bonds is 3. The Kier molecular flexibility index (Phi) is 5.75. The number of aliphatic hydroxyl groups excluding tert-OH is 1. The van der Waals surface area contributed by atoms with Gasteiger partial charge in [0.2, 0.25) is 0 Å². The third kappa shape index (κ3) is 4.21. The number of phenols is 1. The molecule has 0 saturated heterocycles. The van der Waals surface area contributed by atoms with Gasteiger partial charge in [0.05, 0.1) is 18.2 Å². The Balaban J connectivity index is 1.81. The maximum Gasteiger partial charge on any atom is 0.418 e. The normalized spacial score (nSPS) is 17.5. The zero-order chi connectivity index (χ0) is 26.7. The van der Waals surface area contributed by atoms with E-state index in [1.54, 1.807) is 12.1 Å². The van der Waals surface area contributed by atoms with E-state index in [1.807, 2.05) is 32.9 Å². The number of halogens is 3. The van der Waals surface area contributed by atoms with E-state index >= 15 is 0 Å². The largest absolute Gasteiger partial charge is 0.504 e. The minimum absolute atomic E-state index is 0.0638. The number of methoxy groups -OCH3 is 1. The highest BCUT2D eigenvalue weighted by Crippen LogP contribution is 2.54. The molecular formula is C29H26F3NO4. The van der Waals surface area contributed by atoms with Crippen molar-refractivity contribution in [3.8, 4) is 28.4 Å². The van der Waals surface area contributed by atoms with Crippen LogP contribution < -0.4 is 14.8 Å². The molecule has 0 radical (unpaired) electrons. The van der Waals surface area contributed by atoms with E-state index in [0.29, 0.717) is 28.2 Å². The fourth-order valence-electron chi connectivity index (χ4n) is 5.16. The topological polar surface area (TPSA) is 71.0 Å². The van der Waals surface area contributed by atoms with E-state index in [-0.39, 0.29) is 28.2 Å². The Hall–Kier alpha value is -3.91. The van der Waals surface area contributed by atoms with E-state index in [2.05, 4.69) is 11.4 Å². The lowest BCUT2D eigenvalue weighted by Crippen LogP contribution is -2.32. The molecular weight excluding hydrogens is 483 g/mol. The molecule has 1 unspecified atom stereocenters. The minimum Gasteiger partial charge on any atom is -0.504 e. The van der Waals surface area contributed by atoms with Gasteiger partial charge < -0.3 is 25.0 Å². The van der Waals surface area contributed by atoms with Crippen molar-refractivity contribution >= 4 is 23.1 Å². The number of ether oxygens (including phenoxy) is 2. The van der Waals surface area contributed by atoms with Crippen LogP contribution in [0.4, 0.5) is 18.9 Å². The van der Waals surface area contributed by atoms with Crippen LogP contribution in [-0.4, -0.2) is 29.0 Å². The number of allylic oxidation sites excluding steroid dienone is 1. The molecule has 0 amide bonds. The number of phenolic OH excluding ortho intramolecular Hbond substituents is 1. The van der Waals surface area contributed by atoms with E-state index in [0.717, 1.165) is 16.8 Å². The zero-order valence-corrected chi connectivity index (χ0v) is 20.7. The van der Waals surface area contributed by atoms with Crippen LogP contribution in [-0.2, 0) is 0 Å². The van der Waals surface area contributed by atoms with Crippen molar-refractivity contribution in [3.05, 3.63) is 76.9 Å². The molecule has 0 aliphatic carbocycles. The van der Waals surface area contributed by atoms with Crippen LogP contribution in [0.5, 0.6) is 17.2 Å². The summed E-state index contributed by atoms with van der Waals surface area (Å²) in [5, 5.41) is 24.0. The summed E-state index contributed by atoms with van der Waals surface area (Å²) in [5.41, 5.74) is 4.07. The number of hydrogen-bond donors (Lipinski definition) is 3. The van der Waals surface area contributed by atoms with E-state index in [9.17, 15) is 23.4 Å². The average molecular weight is 510 g/mol. The molecule has 5 rings (SSSR count). The molecule has 3 aromatic rings. The van der Waals surface area contributed by atoms with Gasteiger partial charge in [-0.2, -0.15) is 13.2 Å². The zero-order valence-electron chi connectivity index (χ0n) is 20.7. The predicted molar refractivity (Wildman–Crippen MR) is 137 cm³/mol. The van der Waals surface area contributed by atoms with Gasteiger partial charge in [0.15, 0.2) is 17.6 Å². The van der Waals surface area contributed by atoms with Gasteiger partial charge in [-0.05, 0) is 61.7 Å². The molecule has 2 heterocycles. The van der Waals surface area contributed by atoms with E-state index < -0.39 is 12.3 Å². The standard InChI is InChI=1S/C29H26F3NO4/c1-15-14-28(2,3)33-19-10-9-18-24(23(15)19)22(37-21-12-11-20(34)26(36-4)25(18)21)13-16-7-5-6-8-17(16)27(35)29(30,31)32/h5-14,27,33-35H,1-4H3/b22-13-. The second kappa shape index (κ2) is 8.59. The summed E-state index contributed by atoms with van der Waals surface area (Å²) < 4.78 is 52.1. The van der Waals surface area contributed by atoms with Gasteiger partial charge in [-0.3, -0.25) is 0 Å². The summed E-state index contributed by atoms with van der Waals surface area (Å²) in [7, 11) is 1.45. The quantitative estimate of drug-likeness (QED) is 0.349. The lowest BCUT2D eigenvalue weighted by molar-refractivity contribution is -0.206. The van der Waals surface area contributed by atoms with E-state index in [1.165, 1.54) is 37.5 Å². The van der Waals surface area contributed by atoms with E-state index in [4.69, 9.17) is 9.47 Å². The summed E-state index contributed by atoms with van der Waals surface area (Å²) in [6.45, 7) is 6.05. The van der Waals surface area contributed by atoms with Crippen molar-refractivity contribution in [1.29, 1.82) is 0 Å². The molecule has 2 aliphatic rings. The summed E-state index contributed by atoms with van der Waals surface area (Å²) >= 11 is 0. The molecule has 0 spiro atoms. The fourth-order valence-corrected chi connectivity index (χ4v) is 5.16. The van der Waals surface area contributed by atoms with Crippen LogP contribution in [0.1, 0.15) is 49.1 Å². The molecule has 2 aliphatic heterocycles. The summed E-state index contributed by atoms with van der Waals surface area (Å²) in [5.74, 6) is 0.860. The number of alkyl halides is 3. The molecule has 8 heteroatoms. The Labute approximate surface area is 212 Å². The first kappa shape index (κ1) is 24.8. The SMILES string of the molecule is COc1c(O)ccc2c1-c1ccc3c(c1/C(=C/c1ccccc1C(O)C(F)(F)F)O2)C(C)=CC(C)(C)N3. The third-order valence-electron chi connectivity index (χ3n) is 6.56. The number of anilines is 1. The highest BCUT2D eigenvalue weighted by atomic mass is 19.4. The third-order valence-corrected chi connectivity index (χ3v) is 6.56. The van der Waals surface area contributed by atoms with Crippen molar-refractivity contribution in [3.63, 3.8) is 0 Å². The molecule has 0 aromatic heterocycles. The molecule has 0 bridgehead atoms. The van der Waals surface area contributed by atoms with Crippen molar-refractivity contribution in [2.75, 3.05) is 12.4 Å². The number of nitrogens with one attached hydrogen (secondary N) is 1. The fraction of sp³-hybridized carbons (Fsp3) is 0.241. The smallest absolute Gasteiger partial charge is 0.418 e. The molecule has 3 aromatic carbocycles. The van der Waals surface area contributed by atoms with Crippen LogP contribution in [0.25, 0.3) is 28.5 Å². The van der Waals surface area contributed by atoms with Crippen molar-refractivity contribution in [2.24, 2.45) is 0 Å². The molecule has 1 atom stereocenters. The first-order valence-electron chi connectivity index (χ1n) is 11.7. The van der Waals surface area contributed by atoms with Gasteiger partial charge in [0.25, 0.3) is 0 Å². The molecule has 192 valence electrons. The van der Waals surface area contributed by atoms with Gasteiger partial charge in [-0.1, -0.05) is 36.4 Å². The Morgan fingerprint density at radius 2 is 1.76 bits per heavy atom. The van der Waals surface area contributed by atoms with Crippen molar-refractivity contribution in [2.45, 2.75) is 38.6 Å². The van der Waals surface area contributed by atoms with Crippen LogP contribution >= 0.6 is 0 Å². The highest BCUT2D eigenvalue weighted by Gasteiger charge is 2.40. The first-order valence-corrected chi connectivity index (χ1v) is 11.7. The number of fused-ring (bicyclic) bond motifs is 5. The molecule has 3 N–H and O–H groups in total. The Morgan fingerprint density at radius 1 is 1.03 bits per heavy atom. The predicted octanol–water partition coefficient (Wildman–Crippen LogP) is 7.16. The number of aliphatic hydroxyl groups is 1. The van der Waals surface area contributed by atoms with Gasteiger partial charge in [-0.25, -0.2) is 0 Å². The monoisotopic (exact) mass is 509 g/mol.